The van der Waals surface area contributed by atoms with Gasteiger partial charge in [-0.3, -0.25) is 4.79 Å². The zero-order chi connectivity index (χ0) is 14.5. The minimum Gasteiger partial charge on any atom is -0.394 e. The summed E-state index contributed by atoms with van der Waals surface area (Å²) in [5.74, 6) is 0.337. The van der Waals surface area contributed by atoms with E-state index in [1.165, 1.54) is 22.9 Å². The van der Waals surface area contributed by atoms with Gasteiger partial charge in [0.05, 0.1) is 17.9 Å². The van der Waals surface area contributed by atoms with Crippen LogP contribution < -0.4 is 5.32 Å². The Bertz CT molecular complexity index is 442. The molecule has 1 rings (SSSR count). The number of aliphatic hydroxyl groups excluding tert-OH is 1. The van der Waals surface area contributed by atoms with Crippen LogP contribution in [0.5, 0.6) is 0 Å². The van der Waals surface area contributed by atoms with Crippen molar-refractivity contribution in [2.75, 3.05) is 12.4 Å². The van der Waals surface area contributed by atoms with Crippen molar-refractivity contribution >= 4 is 17.7 Å². The van der Waals surface area contributed by atoms with Crippen molar-refractivity contribution in [2.45, 2.75) is 44.6 Å². The Balaban J connectivity index is 2.57. The van der Waals surface area contributed by atoms with Crippen molar-refractivity contribution in [3.05, 3.63) is 29.3 Å². The number of benzene rings is 1. The highest BCUT2D eigenvalue weighted by atomic mass is 32.2. The second-order valence-corrected chi connectivity index (χ2v) is 6.20. The van der Waals surface area contributed by atoms with Crippen LogP contribution in [0.4, 0.5) is 0 Å². The van der Waals surface area contributed by atoms with Crippen LogP contribution in [0.3, 0.4) is 0 Å². The van der Waals surface area contributed by atoms with Crippen molar-refractivity contribution in [3.8, 4) is 0 Å². The number of amides is 1. The van der Waals surface area contributed by atoms with Gasteiger partial charge in [0.25, 0.3) is 0 Å². The van der Waals surface area contributed by atoms with Gasteiger partial charge < -0.3 is 10.4 Å². The average molecular weight is 281 g/mol. The van der Waals surface area contributed by atoms with Gasteiger partial charge in [0, 0.05) is 4.90 Å². The monoisotopic (exact) mass is 281 g/mol. The third kappa shape index (κ3) is 4.88. The van der Waals surface area contributed by atoms with Crippen LogP contribution in [-0.2, 0) is 4.79 Å². The smallest absolute Gasteiger partial charge is 0.230 e. The zero-order valence-electron chi connectivity index (χ0n) is 12.1. The second kappa shape index (κ2) is 6.96. The van der Waals surface area contributed by atoms with E-state index in [2.05, 4.69) is 23.5 Å². The van der Waals surface area contributed by atoms with Crippen molar-refractivity contribution in [2.24, 2.45) is 0 Å². The number of rotatable bonds is 6. The van der Waals surface area contributed by atoms with Gasteiger partial charge in [0.2, 0.25) is 5.91 Å². The summed E-state index contributed by atoms with van der Waals surface area (Å²) in [6, 6.07) is 6.23. The lowest BCUT2D eigenvalue weighted by molar-refractivity contribution is -0.120. The molecule has 3 nitrogen and oxygen atoms in total. The molecule has 0 fully saturated rings. The number of carbonyl (C=O) groups excluding carboxylic acids is 1. The summed E-state index contributed by atoms with van der Waals surface area (Å²) in [5, 5.41) is 12.2. The largest absolute Gasteiger partial charge is 0.394 e. The van der Waals surface area contributed by atoms with E-state index < -0.39 is 5.54 Å². The molecule has 1 aromatic carbocycles. The number of hydrogen-bond donors (Lipinski definition) is 2. The molecule has 0 spiro atoms. The number of aliphatic hydroxyl groups is 1. The Kier molecular flexibility index (Phi) is 5.88. The van der Waals surface area contributed by atoms with Gasteiger partial charge in [-0.15, -0.1) is 11.8 Å². The first-order chi connectivity index (χ1) is 8.90. The number of thioether (sulfide) groups is 1. The Morgan fingerprint density at radius 3 is 2.68 bits per heavy atom. The highest BCUT2D eigenvalue weighted by Gasteiger charge is 2.22. The third-order valence-electron chi connectivity index (χ3n) is 3.27. The molecular formula is C15H23NO2S. The van der Waals surface area contributed by atoms with Gasteiger partial charge in [0.1, 0.15) is 0 Å². The van der Waals surface area contributed by atoms with Crippen LogP contribution in [0.1, 0.15) is 31.4 Å². The summed E-state index contributed by atoms with van der Waals surface area (Å²) >= 11 is 1.54. The second-order valence-electron chi connectivity index (χ2n) is 5.18. The summed E-state index contributed by atoms with van der Waals surface area (Å²) < 4.78 is 0. The maximum absolute atomic E-state index is 11.9. The molecule has 106 valence electrons. The van der Waals surface area contributed by atoms with E-state index >= 15 is 0 Å². The molecule has 0 saturated heterocycles. The molecule has 0 heterocycles. The molecule has 0 bridgehead atoms. The van der Waals surface area contributed by atoms with Crippen molar-refractivity contribution in [1.29, 1.82) is 0 Å². The van der Waals surface area contributed by atoms with Crippen LogP contribution >= 0.6 is 11.8 Å². The highest BCUT2D eigenvalue weighted by molar-refractivity contribution is 8.00. The molecule has 0 aliphatic heterocycles. The Labute approximate surface area is 119 Å². The molecule has 4 heteroatoms. The SMILES string of the molecule is CCC(C)(CO)NC(=O)CSc1cc(C)ccc1C. The Hall–Kier alpha value is -1.00. The predicted octanol–water partition coefficient (Wildman–Crippen LogP) is 2.67. The van der Waals surface area contributed by atoms with E-state index in [1.54, 1.807) is 0 Å². The molecular weight excluding hydrogens is 258 g/mol. The maximum atomic E-state index is 11.9. The first-order valence-corrected chi connectivity index (χ1v) is 7.50. The molecule has 0 saturated carbocycles. The summed E-state index contributed by atoms with van der Waals surface area (Å²) in [4.78, 5) is 13.0. The molecule has 0 aliphatic carbocycles. The van der Waals surface area contributed by atoms with E-state index in [4.69, 9.17) is 0 Å². The zero-order valence-corrected chi connectivity index (χ0v) is 12.9. The first-order valence-electron chi connectivity index (χ1n) is 6.52. The van der Waals surface area contributed by atoms with Gasteiger partial charge >= 0.3 is 0 Å². The third-order valence-corrected chi connectivity index (χ3v) is 4.43. The number of nitrogens with one attached hydrogen (secondary N) is 1. The summed E-state index contributed by atoms with van der Waals surface area (Å²) in [6.45, 7) is 7.86. The first kappa shape index (κ1) is 16.1. The van der Waals surface area contributed by atoms with Crippen molar-refractivity contribution in [3.63, 3.8) is 0 Å². The molecule has 1 unspecified atom stereocenters. The normalized spacial score (nSPS) is 13.9. The number of carbonyl (C=O) groups is 1. The van der Waals surface area contributed by atoms with Crippen LogP contribution in [0.25, 0.3) is 0 Å². The van der Waals surface area contributed by atoms with Crippen LogP contribution in [0.2, 0.25) is 0 Å². The molecule has 0 aliphatic rings. The number of aryl methyl sites for hydroxylation is 2. The van der Waals surface area contributed by atoms with E-state index in [0.29, 0.717) is 12.2 Å². The van der Waals surface area contributed by atoms with Crippen LogP contribution in [0.15, 0.2) is 23.1 Å². The molecule has 0 radical (unpaired) electrons. The molecule has 0 aromatic heterocycles. The highest BCUT2D eigenvalue weighted by Crippen LogP contribution is 2.23. The maximum Gasteiger partial charge on any atom is 0.230 e. The number of hydrogen-bond acceptors (Lipinski definition) is 3. The lowest BCUT2D eigenvalue weighted by Gasteiger charge is -2.27. The molecule has 19 heavy (non-hydrogen) atoms. The molecule has 1 atom stereocenters. The van der Waals surface area contributed by atoms with Gasteiger partial charge in [0.15, 0.2) is 0 Å². The standard InChI is InChI=1S/C15H23NO2S/c1-5-15(4,10-17)16-14(18)9-19-13-8-11(2)6-7-12(13)3/h6-8,17H,5,9-10H2,1-4H3,(H,16,18). The summed E-state index contributed by atoms with van der Waals surface area (Å²) in [6.07, 6.45) is 0.712. The van der Waals surface area contributed by atoms with E-state index in [-0.39, 0.29) is 12.5 Å². The van der Waals surface area contributed by atoms with Gasteiger partial charge in [-0.1, -0.05) is 24.6 Å². The van der Waals surface area contributed by atoms with Gasteiger partial charge in [-0.2, -0.15) is 0 Å². The van der Waals surface area contributed by atoms with Crippen LogP contribution in [-0.4, -0.2) is 28.9 Å². The molecule has 1 aromatic rings. The fraction of sp³-hybridized carbons (Fsp3) is 0.533. The topological polar surface area (TPSA) is 49.3 Å². The van der Waals surface area contributed by atoms with Crippen molar-refractivity contribution in [1.82, 2.24) is 5.32 Å². The minimum absolute atomic E-state index is 0.0377. The lowest BCUT2D eigenvalue weighted by atomic mass is 10.0. The molecule has 1 amide bonds. The van der Waals surface area contributed by atoms with E-state index in [0.717, 1.165) is 4.90 Å². The fourth-order valence-electron chi connectivity index (χ4n) is 1.62. The van der Waals surface area contributed by atoms with Crippen molar-refractivity contribution < 1.29 is 9.90 Å². The quantitative estimate of drug-likeness (QED) is 0.788. The lowest BCUT2D eigenvalue weighted by Crippen LogP contribution is -2.49. The predicted molar refractivity (Wildman–Crippen MR) is 80.6 cm³/mol. The van der Waals surface area contributed by atoms with Gasteiger partial charge in [-0.25, -0.2) is 0 Å². The Morgan fingerprint density at radius 2 is 2.11 bits per heavy atom. The molecule has 2 N–H and O–H groups in total. The summed E-state index contributed by atoms with van der Waals surface area (Å²) in [7, 11) is 0. The average Bonchev–Trinajstić information content (AvgIpc) is 2.39. The Morgan fingerprint density at radius 1 is 1.42 bits per heavy atom. The van der Waals surface area contributed by atoms with E-state index in [1.807, 2.05) is 27.7 Å². The van der Waals surface area contributed by atoms with E-state index in [9.17, 15) is 9.90 Å². The minimum atomic E-state index is -0.515. The van der Waals surface area contributed by atoms with Crippen LogP contribution in [0, 0.1) is 13.8 Å². The van der Waals surface area contributed by atoms with Gasteiger partial charge in [-0.05, 0) is 38.8 Å². The fourth-order valence-corrected chi connectivity index (χ4v) is 2.54. The summed E-state index contributed by atoms with van der Waals surface area (Å²) in [5.41, 5.74) is 1.87.